The Morgan fingerprint density at radius 1 is 0.762 bits per heavy atom. The number of hydrogen-bond donors (Lipinski definition) is 1. The van der Waals surface area contributed by atoms with E-state index in [0.29, 0.717) is 49.5 Å². The second-order valence-electron chi connectivity index (χ2n) is 10.2. The van der Waals surface area contributed by atoms with Crippen molar-refractivity contribution in [3.8, 4) is 22.5 Å². The summed E-state index contributed by atoms with van der Waals surface area (Å²) in [4.78, 5) is 32.3. The topological polar surface area (TPSA) is 116 Å². The summed E-state index contributed by atoms with van der Waals surface area (Å²) in [5.41, 5.74) is 5.34. The lowest BCUT2D eigenvalue weighted by molar-refractivity contribution is 0.560. The van der Waals surface area contributed by atoms with Gasteiger partial charge in [0.15, 0.2) is 11.2 Å². The molecule has 10 nitrogen and oxygen atoms in total. The summed E-state index contributed by atoms with van der Waals surface area (Å²) in [6.07, 6.45) is 1.98. The van der Waals surface area contributed by atoms with Crippen molar-refractivity contribution in [2.45, 2.75) is 52.7 Å². The number of aromatic amines is 1. The van der Waals surface area contributed by atoms with E-state index in [1.54, 1.807) is 4.57 Å². The Hall–Kier alpha value is -5.12. The molecule has 3 heterocycles. The molecule has 10 heteroatoms. The number of benzene rings is 3. The van der Waals surface area contributed by atoms with Gasteiger partial charge in [0, 0.05) is 31.6 Å². The van der Waals surface area contributed by atoms with Crippen molar-refractivity contribution >= 4 is 11.2 Å². The zero-order valence-electron chi connectivity index (χ0n) is 23.7. The van der Waals surface area contributed by atoms with Crippen molar-refractivity contribution in [1.29, 1.82) is 0 Å². The molecule has 0 unspecified atom stereocenters. The number of hydrogen-bond acceptors (Lipinski definition) is 6. The summed E-state index contributed by atoms with van der Waals surface area (Å²) in [7, 11) is 0. The number of aryl methyl sites for hydroxylation is 3. The molecule has 3 aromatic carbocycles. The Balaban J connectivity index is 1.39. The summed E-state index contributed by atoms with van der Waals surface area (Å²) in [6, 6.07) is 26.1. The predicted molar refractivity (Wildman–Crippen MR) is 162 cm³/mol. The number of imidazole rings is 1. The summed E-state index contributed by atoms with van der Waals surface area (Å²) in [6.45, 7) is 5.31. The van der Waals surface area contributed by atoms with Crippen molar-refractivity contribution in [1.82, 2.24) is 39.3 Å². The van der Waals surface area contributed by atoms with Gasteiger partial charge in [-0.25, -0.2) is 9.78 Å². The molecule has 0 radical (unpaired) electrons. The van der Waals surface area contributed by atoms with E-state index in [-0.39, 0.29) is 11.2 Å². The van der Waals surface area contributed by atoms with Crippen LogP contribution in [0.2, 0.25) is 0 Å². The molecule has 0 fully saturated rings. The first-order valence-electron chi connectivity index (χ1n) is 14.3. The zero-order valence-corrected chi connectivity index (χ0v) is 23.7. The van der Waals surface area contributed by atoms with E-state index in [2.05, 4.69) is 44.9 Å². The minimum atomic E-state index is -0.304. The van der Waals surface area contributed by atoms with Crippen molar-refractivity contribution in [2.75, 3.05) is 0 Å². The molecule has 0 atom stereocenters. The first kappa shape index (κ1) is 27.1. The smallest absolute Gasteiger partial charge is 0.318 e. The van der Waals surface area contributed by atoms with Gasteiger partial charge in [-0.05, 0) is 40.3 Å². The Bertz CT molecular complexity index is 1940. The molecule has 0 saturated carbocycles. The summed E-state index contributed by atoms with van der Waals surface area (Å²) < 4.78 is 5.01. The Morgan fingerprint density at radius 3 is 2.19 bits per heavy atom. The van der Waals surface area contributed by atoms with Crippen LogP contribution < -0.4 is 11.2 Å². The number of nitrogens with zero attached hydrogens (tertiary/aromatic N) is 7. The van der Waals surface area contributed by atoms with Gasteiger partial charge < -0.3 is 4.57 Å². The van der Waals surface area contributed by atoms with Gasteiger partial charge in [-0.2, -0.15) is 5.21 Å². The van der Waals surface area contributed by atoms with E-state index in [1.807, 2.05) is 73.0 Å². The van der Waals surface area contributed by atoms with E-state index in [9.17, 15) is 9.59 Å². The second kappa shape index (κ2) is 11.8. The van der Waals surface area contributed by atoms with Crippen LogP contribution in [0.4, 0.5) is 0 Å². The fourth-order valence-electron chi connectivity index (χ4n) is 5.46. The fourth-order valence-corrected chi connectivity index (χ4v) is 5.46. The molecule has 3 aromatic heterocycles. The van der Waals surface area contributed by atoms with Gasteiger partial charge in [-0.15, -0.1) is 10.2 Å². The number of rotatable bonds is 10. The highest BCUT2D eigenvalue weighted by Crippen LogP contribution is 2.30. The van der Waals surface area contributed by atoms with Crippen LogP contribution in [0.25, 0.3) is 33.7 Å². The number of aromatic nitrogens is 8. The average Bonchev–Trinajstić information content (AvgIpc) is 3.69. The molecule has 0 spiro atoms. The summed E-state index contributed by atoms with van der Waals surface area (Å²) in [5.74, 6) is 1.31. The molecule has 1 N–H and O–H groups in total. The van der Waals surface area contributed by atoms with E-state index in [4.69, 9.17) is 4.98 Å². The normalized spacial score (nSPS) is 11.4. The van der Waals surface area contributed by atoms with Crippen molar-refractivity contribution in [3.63, 3.8) is 0 Å². The van der Waals surface area contributed by atoms with Crippen LogP contribution in [-0.4, -0.2) is 39.3 Å². The lowest BCUT2D eigenvalue weighted by Crippen LogP contribution is -2.41. The zero-order chi connectivity index (χ0) is 29.1. The third-order valence-corrected chi connectivity index (χ3v) is 7.54. The van der Waals surface area contributed by atoms with Crippen LogP contribution >= 0.6 is 0 Å². The van der Waals surface area contributed by atoms with Crippen LogP contribution in [0.3, 0.4) is 0 Å². The van der Waals surface area contributed by atoms with Gasteiger partial charge in [-0.1, -0.05) is 92.7 Å². The summed E-state index contributed by atoms with van der Waals surface area (Å²) >= 11 is 0. The van der Waals surface area contributed by atoms with Crippen molar-refractivity contribution in [3.05, 3.63) is 117 Å². The number of tetrazole rings is 1. The predicted octanol–water partition coefficient (Wildman–Crippen LogP) is 4.47. The third kappa shape index (κ3) is 5.07. The summed E-state index contributed by atoms with van der Waals surface area (Å²) in [5, 5.41) is 14.5. The van der Waals surface area contributed by atoms with Crippen LogP contribution in [0.15, 0.2) is 88.5 Å². The molecule has 0 aliphatic heterocycles. The maximum atomic E-state index is 13.9. The van der Waals surface area contributed by atoms with Crippen molar-refractivity contribution < 1.29 is 0 Å². The SMILES string of the molecule is CCCn1c(=O)n(CCc2ccccc2)c(=O)c2c1nc(CC)n2Cc1ccc(-c2ccccc2-c2nn[nH]n2)cc1. The van der Waals surface area contributed by atoms with Gasteiger partial charge in [0.25, 0.3) is 5.56 Å². The van der Waals surface area contributed by atoms with Gasteiger partial charge >= 0.3 is 5.69 Å². The van der Waals surface area contributed by atoms with Gasteiger partial charge in [-0.3, -0.25) is 13.9 Å². The first-order valence-corrected chi connectivity index (χ1v) is 14.3. The third-order valence-electron chi connectivity index (χ3n) is 7.54. The van der Waals surface area contributed by atoms with Crippen LogP contribution in [0.1, 0.15) is 37.2 Å². The van der Waals surface area contributed by atoms with Gasteiger partial charge in [0.05, 0.1) is 0 Å². The first-order chi connectivity index (χ1) is 20.6. The van der Waals surface area contributed by atoms with E-state index in [1.165, 1.54) is 4.57 Å². The highest BCUT2D eigenvalue weighted by Gasteiger charge is 2.21. The maximum Gasteiger partial charge on any atom is 0.332 e. The molecule has 0 saturated heterocycles. The molecule has 0 amide bonds. The number of fused-ring (bicyclic) bond motifs is 1. The van der Waals surface area contributed by atoms with Crippen LogP contribution in [0.5, 0.6) is 0 Å². The molecule has 0 bridgehead atoms. The maximum absolute atomic E-state index is 13.9. The Morgan fingerprint density at radius 2 is 1.50 bits per heavy atom. The largest absolute Gasteiger partial charge is 0.332 e. The Kier molecular flexibility index (Phi) is 7.59. The minimum absolute atomic E-state index is 0.295. The quantitative estimate of drug-likeness (QED) is 0.264. The van der Waals surface area contributed by atoms with Gasteiger partial charge in [0.2, 0.25) is 5.82 Å². The average molecular weight is 561 g/mol. The van der Waals surface area contributed by atoms with E-state index in [0.717, 1.165) is 40.1 Å². The van der Waals surface area contributed by atoms with E-state index < -0.39 is 0 Å². The van der Waals surface area contributed by atoms with Crippen molar-refractivity contribution in [2.24, 2.45) is 0 Å². The van der Waals surface area contributed by atoms with Gasteiger partial charge in [0.1, 0.15) is 5.82 Å². The Labute approximate surface area is 242 Å². The van der Waals surface area contributed by atoms with Crippen LogP contribution in [0, 0.1) is 0 Å². The molecule has 6 aromatic rings. The second-order valence-corrected chi connectivity index (χ2v) is 10.2. The highest BCUT2D eigenvalue weighted by atomic mass is 16.2. The molecule has 42 heavy (non-hydrogen) atoms. The minimum Gasteiger partial charge on any atom is -0.318 e. The highest BCUT2D eigenvalue weighted by molar-refractivity contribution is 5.80. The molecule has 0 aliphatic rings. The molecule has 0 aliphatic carbocycles. The monoisotopic (exact) mass is 560 g/mol. The van der Waals surface area contributed by atoms with E-state index >= 15 is 0 Å². The molecule has 6 rings (SSSR count). The molecular formula is C32H32N8O2. The molecule has 212 valence electrons. The fraction of sp³-hybridized carbons (Fsp3) is 0.250. The van der Waals surface area contributed by atoms with Crippen LogP contribution in [-0.2, 0) is 32.5 Å². The standard InChI is InChI=1S/C32H32N8O2/c1-3-19-38-30-28(31(41)39(32(38)42)20-18-22-10-6-5-7-11-22)40(27(4-2)33-30)21-23-14-16-24(17-15-23)25-12-8-9-13-26(25)29-34-36-37-35-29/h5-17H,3-4,18-21H2,1-2H3,(H,34,35,36,37). The molecular weight excluding hydrogens is 528 g/mol. The number of H-pyrrole nitrogens is 1. The lowest BCUT2D eigenvalue weighted by atomic mass is 9.98. The number of nitrogens with one attached hydrogen (secondary N) is 1. The lowest BCUT2D eigenvalue weighted by Gasteiger charge is -2.13.